The summed E-state index contributed by atoms with van der Waals surface area (Å²) in [7, 11) is 1.72. The summed E-state index contributed by atoms with van der Waals surface area (Å²) in [6.45, 7) is 11.5. The van der Waals surface area contributed by atoms with Gasteiger partial charge < -0.3 is 15.5 Å². The number of carbonyl (C=O) groups is 1. The van der Waals surface area contributed by atoms with Crippen LogP contribution < -0.4 is 10.6 Å². The molecule has 0 aromatic rings. The highest BCUT2D eigenvalue weighted by atomic mass is 127. The molecule has 0 atom stereocenters. The van der Waals surface area contributed by atoms with E-state index in [9.17, 15) is 4.79 Å². The summed E-state index contributed by atoms with van der Waals surface area (Å²) in [5.41, 5.74) is 0. The highest BCUT2D eigenvalue weighted by Gasteiger charge is 2.30. The van der Waals surface area contributed by atoms with Crippen LogP contribution in [-0.4, -0.2) is 73.5 Å². The Morgan fingerprint density at radius 1 is 1.23 bits per heavy atom. The summed E-state index contributed by atoms with van der Waals surface area (Å²) in [5.74, 6) is 1.71. The Balaban J connectivity index is 0.00000338. The van der Waals surface area contributed by atoms with E-state index in [4.69, 9.17) is 4.99 Å². The topological polar surface area (TPSA) is 60.0 Å². The molecule has 0 aromatic carbocycles. The Morgan fingerprint density at radius 2 is 1.88 bits per heavy atom. The number of nitrogens with one attached hydrogen (secondary N) is 2. The van der Waals surface area contributed by atoms with E-state index < -0.39 is 0 Å². The molecule has 2 N–H and O–H groups in total. The number of hydrogen-bond donors (Lipinski definition) is 2. The lowest BCUT2D eigenvalue weighted by molar-refractivity contribution is -0.121. The van der Waals surface area contributed by atoms with Gasteiger partial charge in [-0.3, -0.25) is 14.7 Å². The Kier molecular flexibility index (Phi) is 10.8. The van der Waals surface area contributed by atoms with Crippen molar-refractivity contribution in [1.29, 1.82) is 0 Å². The first kappa shape index (κ1) is 23.5. The van der Waals surface area contributed by atoms with Crippen LogP contribution in [0.4, 0.5) is 0 Å². The van der Waals surface area contributed by atoms with Gasteiger partial charge in [0.05, 0.1) is 6.54 Å². The largest absolute Gasteiger partial charge is 0.359 e. The van der Waals surface area contributed by atoms with Crippen LogP contribution in [0.2, 0.25) is 0 Å². The van der Waals surface area contributed by atoms with Gasteiger partial charge in [-0.05, 0) is 52.4 Å². The van der Waals surface area contributed by atoms with Crippen LogP contribution in [0.25, 0.3) is 0 Å². The minimum absolute atomic E-state index is 0. The molecule has 1 aliphatic carbocycles. The van der Waals surface area contributed by atoms with Crippen molar-refractivity contribution in [1.82, 2.24) is 20.4 Å². The SMILES string of the molecule is CCNC(=NCCN(C(C)C)C1CC1)N1CCC(CC(=O)NC)CC1.I. The molecule has 1 heterocycles. The molecule has 6 nitrogen and oxygen atoms in total. The van der Waals surface area contributed by atoms with Gasteiger partial charge in [-0.15, -0.1) is 24.0 Å². The number of aliphatic imine (C=N–C) groups is 1. The molecule has 1 aliphatic heterocycles. The zero-order valence-corrected chi connectivity index (χ0v) is 19.3. The molecule has 2 aliphatic rings. The number of likely N-dealkylation sites (tertiary alicyclic amines) is 1. The number of rotatable bonds is 8. The maximum absolute atomic E-state index is 11.6. The van der Waals surface area contributed by atoms with E-state index in [1.165, 1.54) is 12.8 Å². The van der Waals surface area contributed by atoms with E-state index in [1.54, 1.807) is 7.05 Å². The van der Waals surface area contributed by atoms with Crippen LogP contribution in [0.5, 0.6) is 0 Å². The first-order chi connectivity index (χ1) is 12.0. The maximum Gasteiger partial charge on any atom is 0.220 e. The van der Waals surface area contributed by atoms with Gasteiger partial charge in [-0.1, -0.05) is 0 Å². The molecule has 0 unspecified atom stereocenters. The van der Waals surface area contributed by atoms with E-state index >= 15 is 0 Å². The van der Waals surface area contributed by atoms with E-state index in [1.807, 2.05) is 0 Å². The summed E-state index contributed by atoms with van der Waals surface area (Å²) in [6.07, 6.45) is 5.49. The van der Waals surface area contributed by atoms with Crippen molar-refractivity contribution in [2.24, 2.45) is 10.9 Å². The third-order valence-electron chi connectivity index (χ3n) is 5.30. The van der Waals surface area contributed by atoms with Crippen molar-refractivity contribution in [3.63, 3.8) is 0 Å². The third-order valence-corrected chi connectivity index (χ3v) is 5.30. The van der Waals surface area contributed by atoms with Crippen LogP contribution in [0.15, 0.2) is 4.99 Å². The molecular formula is C19H38IN5O. The average Bonchev–Trinajstić information content (AvgIpc) is 3.43. The second-order valence-electron chi connectivity index (χ2n) is 7.61. The van der Waals surface area contributed by atoms with Crippen molar-refractivity contribution < 1.29 is 4.79 Å². The van der Waals surface area contributed by atoms with Crippen molar-refractivity contribution in [2.75, 3.05) is 39.8 Å². The number of piperidine rings is 1. The molecule has 7 heteroatoms. The molecule has 0 spiro atoms. The number of nitrogens with zero attached hydrogens (tertiary/aromatic N) is 3. The van der Waals surface area contributed by atoms with Gasteiger partial charge in [-0.2, -0.15) is 0 Å². The van der Waals surface area contributed by atoms with Crippen molar-refractivity contribution >= 4 is 35.8 Å². The third kappa shape index (κ3) is 7.58. The number of hydrogen-bond acceptors (Lipinski definition) is 3. The number of carbonyl (C=O) groups excluding carboxylic acids is 1. The first-order valence-electron chi connectivity index (χ1n) is 10.0. The molecule has 0 aromatic heterocycles. The molecule has 1 amide bonds. The summed E-state index contributed by atoms with van der Waals surface area (Å²) in [5, 5.41) is 6.18. The van der Waals surface area contributed by atoms with Gasteiger partial charge in [0.15, 0.2) is 5.96 Å². The van der Waals surface area contributed by atoms with Crippen LogP contribution in [0.1, 0.15) is 52.9 Å². The van der Waals surface area contributed by atoms with Gasteiger partial charge in [-0.25, -0.2) is 0 Å². The predicted molar refractivity (Wildman–Crippen MR) is 119 cm³/mol. The zero-order valence-electron chi connectivity index (χ0n) is 17.0. The molecule has 26 heavy (non-hydrogen) atoms. The number of halogens is 1. The molecule has 1 saturated carbocycles. The standard InChI is InChI=1S/C19H37N5O.HI/c1-5-21-19(22-10-13-24(15(2)3)17-6-7-17)23-11-8-16(9-12-23)14-18(25)20-4;/h15-17H,5-14H2,1-4H3,(H,20,25)(H,21,22);1H. The monoisotopic (exact) mass is 479 g/mol. The van der Waals surface area contributed by atoms with E-state index in [0.717, 1.165) is 57.6 Å². The van der Waals surface area contributed by atoms with Gasteiger partial charge in [0.1, 0.15) is 0 Å². The molecule has 0 bridgehead atoms. The lowest BCUT2D eigenvalue weighted by Crippen LogP contribution is -2.46. The summed E-state index contributed by atoms with van der Waals surface area (Å²) in [4.78, 5) is 21.4. The Hall–Kier alpha value is -0.570. The van der Waals surface area contributed by atoms with Gasteiger partial charge in [0.25, 0.3) is 0 Å². The summed E-state index contributed by atoms with van der Waals surface area (Å²) >= 11 is 0. The molecular weight excluding hydrogens is 441 g/mol. The predicted octanol–water partition coefficient (Wildman–Crippen LogP) is 2.29. The van der Waals surface area contributed by atoms with Gasteiger partial charge in [0, 0.05) is 51.7 Å². The van der Waals surface area contributed by atoms with Crippen molar-refractivity contribution in [3.05, 3.63) is 0 Å². The fourth-order valence-corrected chi connectivity index (χ4v) is 3.68. The lowest BCUT2D eigenvalue weighted by Gasteiger charge is -2.34. The highest BCUT2D eigenvalue weighted by molar-refractivity contribution is 14.0. The smallest absolute Gasteiger partial charge is 0.220 e. The minimum atomic E-state index is 0. The Labute approximate surface area is 176 Å². The van der Waals surface area contributed by atoms with E-state index in [-0.39, 0.29) is 29.9 Å². The van der Waals surface area contributed by atoms with E-state index in [2.05, 4.69) is 41.2 Å². The van der Waals surface area contributed by atoms with Crippen LogP contribution in [0, 0.1) is 5.92 Å². The fourth-order valence-electron chi connectivity index (χ4n) is 3.68. The fraction of sp³-hybridized carbons (Fsp3) is 0.895. The van der Waals surface area contributed by atoms with E-state index in [0.29, 0.717) is 18.4 Å². The molecule has 2 rings (SSSR count). The van der Waals surface area contributed by atoms with Crippen LogP contribution in [0.3, 0.4) is 0 Å². The highest BCUT2D eigenvalue weighted by Crippen LogP contribution is 2.28. The van der Waals surface area contributed by atoms with Crippen molar-refractivity contribution in [3.8, 4) is 0 Å². The quantitative estimate of drug-likeness (QED) is 0.319. The Bertz CT molecular complexity index is 443. The van der Waals surface area contributed by atoms with Gasteiger partial charge in [0.2, 0.25) is 5.91 Å². The van der Waals surface area contributed by atoms with Crippen LogP contribution >= 0.6 is 24.0 Å². The molecule has 152 valence electrons. The Morgan fingerprint density at radius 3 is 2.38 bits per heavy atom. The average molecular weight is 479 g/mol. The lowest BCUT2D eigenvalue weighted by atomic mass is 9.93. The first-order valence-corrected chi connectivity index (χ1v) is 10.0. The molecule has 1 saturated heterocycles. The minimum Gasteiger partial charge on any atom is -0.359 e. The molecule has 2 fully saturated rings. The second kappa shape index (κ2) is 12.0. The van der Waals surface area contributed by atoms with Crippen LogP contribution in [-0.2, 0) is 4.79 Å². The molecule has 0 radical (unpaired) electrons. The van der Waals surface area contributed by atoms with Gasteiger partial charge >= 0.3 is 0 Å². The number of guanidine groups is 1. The maximum atomic E-state index is 11.6. The summed E-state index contributed by atoms with van der Waals surface area (Å²) in [6, 6.07) is 1.39. The number of amides is 1. The summed E-state index contributed by atoms with van der Waals surface area (Å²) < 4.78 is 0. The normalized spacial score (nSPS) is 18.8. The zero-order chi connectivity index (χ0) is 18.2. The van der Waals surface area contributed by atoms with Crippen molar-refractivity contribution in [2.45, 2.75) is 65.0 Å². The second-order valence-corrected chi connectivity index (χ2v) is 7.61.